The maximum absolute atomic E-state index is 14.0. The van der Waals surface area contributed by atoms with Crippen molar-refractivity contribution in [2.45, 2.75) is 23.0 Å². The van der Waals surface area contributed by atoms with Gasteiger partial charge in [0.2, 0.25) is 11.0 Å². The molecule has 0 radical (unpaired) electrons. The van der Waals surface area contributed by atoms with Crippen molar-refractivity contribution in [3.63, 3.8) is 0 Å². The summed E-state index contributed by atoms with van der Waals surface area (Å²) in [4.78, 5) is 25.1. The highest BCUT2D eigenvalue weighted by Gasteiger charge is 2.20. The van der Waals surface area contributed by atoms with Gasteiger partial charge in [0.15, 0.2) is 15.3 Å². The van der Waals surface area contributed by atoms with Gasteiger partial charge in [-0.15, -0.1) is 20.4 Å². The number of rotatable bonds is 11. The fourth-order valence-corrected chi connectivity index (χ4v) is 5.62. The number of hydrogen-bond donors (Lipinski definition) is 2. The van der Waals surface area contributed by atoms with E-state index < -0.39 is 11.7 Å². The molecule has 2 N–H and O–H groups in total. The average Bonchev–Trinajstić information content (AvgIpc) is 3.52. The van der Waals surface area contributed by atoms with Crippen LogP contribution in [0.4, 0.5) is 9.52 Å². The third kappa shape index (κ3) is 6.64. The molecule has 37 heavy (non-hydrogen) atoms. The molecule has 192 valence electrons. The molecule has 4 rings (SSSR count). The van der Waals surface area contributed by atoms with Crippen molar-refractivity contribution in [3.8, 4) is 11.4 Å². The van der Waals surface area contributed by atoms with Crippen molar-refractivity contribution in [1.82, 2.24) is 30.3 Å². The maximum atomic E-state index is 14.0. The van der Waals surface area contributed by atoms with Crippen molar-refractivity contribution in [1.29, 1.82) is 0 Å². The van der Waals surface area contributed by atoms with Gasteiger partial charge in [0.1, 0.15) is 11.6 Å². The van der Waals surface area contributed by atoms with Gasteiger partial charge in [-0.05, 0) is 30.0 Å². The second-order valence-electron chi connectivity index (χ2n) is 7.21. The number of halogens is 1. The van der Waals surface area contributed by atoms with Crippen LogP contribution in [0.5, 0.6) is 5.75 Å². The number of amides is 2. The van der Waals surface area contributed by atoms with Crippen molar-refractivity contribution < 1.29 is 18.7 Å². The lowest BCUT2D eigenvalue weighted by Gasteiger charge is -2.14. The summed E-state index contributed by atoms with van der Waals surface area (Å²) < 4.78 is 22.0. The summed E-state index contributed by atoms with van der Waals surface area (Å²) in [6.07, 6.45) is 0. The number of para-hydroxylation sites is 2. The number of anilines is 1. The Kier molecular flexibility index (Phi) is 9.09. The molecule has 0 aliphatic rings. The molecule has 4 aromatic rings. The molecule has 2 heterocycles. The summed E-state index contributed by atoms with van der Waals surface area (Å²) in [5.74, 6) is 0.333. The standard InChI is InChI=1S/C23H22FN7O3S3/c1-3-35-23-30-28-21(37-23)26-19(32)13-36-22-29-27-18(31(22)16-10-6-7-11-17(16)34-2)12-25-20(33)14-8-4-5-9-15(14)24/h4-11H,3,12-13H2,1-2H3,(H,25,33)(H,26,28,32). The number of nitrogens with zero attached hydrogens (tertiary/aromatic N) is 5. The molecule has 2 amide bonds. The quantitative estimate of drug-likeness (QED) is 0.207. The highest BCUT2D eigenvalue weighted by Crippen LogP contribution is 2.29. The number of nitrogens with one attached hydrogen (secondary N) is 2. The molecule has 2 aromatic carbocycles. The zero-order valence-corrected chi connectivity index (χ0v) is 22.3. The summed E-state index contributed by atoms with van der Waals surface area (Å²) in [7, 11) is 1.54. The van der Waals surface area contributed by atoms with Gasteiger partial charge in [0.05, 0.1) is 30.7 Å². The first-order valence-corrected chi connectivity index (χ1v) is 13.8. The van der Waals surface area contributed by atoms with Crippen LogP contribution < -0.4 is 15.4 Å². The second-order valence-corrected chi connectivity index (χ2v) is 10.6. The molecule has 0 saturated carbocycles. The first kappa shape index (κ1) is 26.6. The number of hydrogen-bond acceptors (Lipinski definition) is 10. The van der Waals surface area contributed by atoms with Crippen molar-refractivity contribution in [2.75, 3.05) is 23.9 Å². The van der Waals surface area contributed by atoms with Crippen molar-refractivity contribution >= 4 is 51.8 Å². The van der Waals surface area contributed by atoms with Gasteiger partial charge in [0, 0.05) is 0 Å². The first-order valence-electron chi connectivity index (χ1n) is 11.0. The summed E-state index contributed by atoms with van der Waals surface area (Å²) in [5, 5.41) is 22.7. The lowest BCUT2D eigenvalue weighted by Crippen LogP contribution is -2.25. The fraction of sp³-hybridized carbons (Fsp3) is 0.217. The van der Waals surface area contributed by atoms with E-state index in [0.717, 1.165) is 21.9 Å². The van der Waals surface area contributed by atoms with E-state index in [2.05, 4.69) is 31.0 Å². The average molecular weight is 560 g/mol. The first-order chi connectivity index (χ1) is 18.0. The summed E-state index contributed by atoms with van der Waals surface area (Å²) in [6, 6.07) is 12.9. The molecule has 2 aromatic heterocycles. The highest BCUT2D eigenvalue weighted by molar-refractivity contribution is 8.01. The Morgan fingerprint density at radius 2 is 1.84 bits per heavy atom. The Morgan fingerprint density at radius 1 is 1.05 bits per heavy atom. The molecule has 10 nitrogen and oxygen atoms in total. The molecule has 0 aliphatic heterocycles. The minimum atomic E-state index is -0.621. The number of carbonyl (C=O) groups is 2. The third-order valence-electron chi connectivity index (χ3n) is 4.80. The predicted octanol–water partition coefficient (Wildman–Crippen LogP) is 4.04. The minimum absolute atomic E-state index is 0.0324. The van der Waals surface area contributed by atoms with Gasteiger partial charge in [-0.3, -0.25) is 19.5 Å². The van der Waals surface area contributed by atoms with Crippen LogP contribution in [0.15, 0.2) is 58.0 Å². The van der Waals surface area contributed by atoms with E-state index in [1.807, 2.05) is 25.1 Å². The number of methoxy groups -OCH3 is 1. The third-order valence-corrected chi connectivity index (χ3v) is 7.59. The van der Waals surface area contributed by atoms with Gasteiger partial charge >= 0.3 is 0 Å². The zero-order valence-electron chi connectivity index (χ0n) is 19.8. The zero-order chi connectivity index (χ0) is 26.2. The van der Waals surface area contributed by atoms with Crippen molar-refractivity contribution in [3.05, 3.63) is 65.7 Å². The van der Waals surface area contributed by atoms with Crippen LogP contribution in [0.1, 0.15) is 23.1 Å². The predicted molar refractivity (Wildman–Crippen MR) is 141 cm³/mol. The Bertz CT molecular complexity index is 1400. The van der Waals surface area contributed by atoms with Crippen LogP contribution in [0.25, 0.3) is 5.69 Å². The monoisotopic (exact) mass is 559 g/mol. The number of carbonyl (C=O) groups excluding carboxylic acids is 2. The molecule has 14 heteroatoms. The molecular formula is C23H22FN7O3S3. The van der Waals surface area contributed by atoms with Gasteiger partial charge in [0.25, 0.3) is 5.91 Å². The lowest BCUT2D eigenvalue weighted by atomic mass is 10.2. The maximum Gasteiger partial charge on any atom is 0.254 e. The summed E-state index contributed by atoms with van der Waals surface area (Å²) in [5.41, 5.74) is 0.549. The molecular weight excluding hydrogens is 537 g/mol. The number of aromatic nitrogens is 5. The molecule has 0 atom stereocenters. The fourth-order valence-electron chi connectivity index (χ4n) is 3.19. The van der Waals surface area contributed by atoms with Crippen LogP contribution in [0.3, 0.4) is 0 Å². The molecule has 0 fully saturated rings. The van der Waals surface area contributed by atoms with E-state index in [1.165, 1.54) is 36.6 Å². The van der Waals surface area contributed by atoms with Crippen LogP contribution in [0, 0.1) is 5.82 Å². The van der Waals surface area contributed by atoms with Gasteiger partial charge in [-0.25, -0.2) is 4.39 Å². The van der Waals surface area contributed by atoms with Crippen LogP contribution in [-0.2, 0) is 11.3 Å². The van der Waals surface area contributed by atoms with E-state index in [4.69, 9.17) is 4.74 Å². The highest BCUT2D eigenvalue weighted by atomic mass is 32.2. The molecule has 0 aliphatic carbocycles. The number of ether oxygens (including phenoxy) is 1. The van der Waals surface area contributed by atoms with Crippen molar-refractivity contribution in [2.24, 2.45) is 0 Å². The van der Waals surface area contributed by atoms with Gasteiger partial charge < -0.3 is 10.1 Å². The number of thioether (sulfide) groups is 2. The topological polar surface area (TPSA) is 124 Å². The molecule has 0 saturated heterocycles. The van der Waals surface area contributed by atoms with E-state index in [9.17, 15) is 14.0 Å². The summed E-state index contributed by atoms with van der Waals surface area (Å²) in [6.45, 7) is 1.98. The SMILES string of the molecule is CCSc1nnc(NC(=O)CSc2nnc(CNC(=O)c3ccccc3F)n2-c2ccccc2OC)s1. The smallest absolute Gasteiger partial charge is 0.254 e. The molecule has 0 bridgehead atoms. The Labute approximate surface area is 224 Å². The second kappa shape index (κ2) is 12.7. The van der Waals surface area contributed by atoms with E-state index >= 15 is 0 Å². The Hall–Kier alpha value is -3.49. The van der Waals surface area contributed by atoms with E-state index in [1.54, 1.807) is 28.5 Å². The normalized spacial score (nSPS) is 10.8. The molecule has 0 spiro atoms. The Balaban J connectivity index is 1.52. The van der Waals surface area contributed by atoms with E-state index in [0.29, 0.717) is 27.5 Å². The van der Waals surface area contributed by atoms with Crippen LogP contribution in [0.2, 0.25) is 0 Å². The van der Waals surface area contributed by atoms with Gasteiger partial charge in [-0.2, -0.15) is 0 Å². The lowest BCUT2D eigenvalue weighted by molar-refractivity contribution is -0.113. The minimum Gasteiger partial charge on any atom is -0.495 e. The Morgan fingerprint density at radius 3 is 2.62 bits per heavy atom. The molecule has 0 unspecified atom stereocenters. The van der Waals surface area contributed by atoms with Gasteiger partial charge in [-0.1, -0.05) is 66.0 Å². The van der Waals surface area contributed by atoms with Crippen LogP contribution >= 0.6 is 34.9 Å². The van der Waals surface area contributed by atoms with E-state index in [-0.39, 0.29) is 23.8 Å². The van der Waals surface area contributed by atoms with Crippen LogP contribution in [-0.4, -0.2) is 55.4 Å². The largest absolute Gasteiger partial charge is 0.495 e. The number of benzene rings is 2. The summed E-state index contributed by atoms with van der Waals surface area (Å²) >= 11 is 4.02.